The summed E-state index contributed by atoms with van der Waals surface area (Å²) in [5.41, 5.74) is -0.105. The maximum absolute atomic E-state index is 13.2. The van der Waals surface area contributed by atoms with Crippen molar-refractivity contribution in [3.05, 3.63) is 29.3 Å². The van der Waals surface area contributed by atoms with Crippen LogP contribution in [0, 0.1) is 23.2 Å². The SMILES string of the molecule is O=C(CN1CCCN(c2ccc(Cl)cc2)S1(=O)=O)NC1C2CC3CC1CC(C(=O)O)(C3)C2. The first-order chi connectivity index (χ1) is 15.2. The Morgan fingerprint density at radius 2 is 1.75 bits per heavy atom. The summed E-state index contributed by atoms with van der Waals surface area (Å²) >= 11 is 5.93. The van der Waals surface area contributed by atoms with Gasteiger partial charge in [-0.1, -0.05) is 11.6 Å². The van der Waals surface area contributed by atoms with Gasteiger partial charge < -0.3 is 10.4 Å². The van der Waals surface area contributed by atoms with E-state index in [0.29, 0.717) is 49.0 Å². The van der Waals surface area contributed by atoms with Crippen LogP contribution in [0.1, 0.15) is 38.5 Å². The van der Waals surface area contributed by atoms with Crippen LogP contribution in [0.5, 0.6) is 0 Å². The Bertz CT molecular complexity index is 1010. The molecule has 5 aliphatic rings. The van der Waals surface area contributed by atoms with Crippen molar-refractivity contribution in [1.82, 2.24) is 9.62 Å². The summed E-state index contributed by atoms with van der Waals surface area (Å²) < 4.78 is 28.9. The smallest absolute Gasteiger partial charge is 0.309 e. The first-order valence-corrected chi connectivity index (χ1v) is 13.0. The van der Waals surface area contributed by atoms with Crippen LogP contribution in [0.15, 0.2) is 24.3 Å². The highest BCUT2D eigenvalue weighted by Crippen LogP contribution is 2.60. The van der Waals surface area contributed by atoms with Crippen molar-refractivity contribution in [2.75, 3.05) is 23.9 Å². The average Bonchev–Trinajstić information content (AvgIpc) is 2.72. The van der Waals surface area contributed by atoms with Crippen molar-refractivity contribution in [2.24, 2.45) is 23.2 Å². The van der Waals surface area contributed by atoms with Crippen molar-refractivity contribution in [1.29, 1.82) is 0 Å². The van der Waals surface area contributed by atoms with Crippen molar-refractivity contribution in [3.8, 4) is 0 Å². The maximum atomic E-state index is 13.2. The number of anilines is 1. The Morgan fingerprint density at radius 3 is 2.38 bits per heavy atom. The third kappa shape index (κ3) is 3.68. The number of carboxylic acids is 1. The van der Waals surface area contributed by atoms with Crippen LogP contribution >= 0.6 is 11.6 Å². The van der Waals surface area contributed by atoms with E-state index in [4.69, 9.17) is 11.6 Å². The van der Waals surface area contributed by atoms with Gasteiger partial charge in [-0.3, -0.25) is 13.9 Å². The van der Waals surface area contributed by atoms with Gasteiger partial charge in [-0.15, -0.1) is 0 Å². The van der Waals surface area contributed by atoms with Gasteiger partial charge in [-0.05, 0) is 80.5 Å². The molecule has 0 spiro atoms. The van der Waals surface area contributed by atoms with E-state index < -0.39 is 21.6 Å². The number of carbonyl (C=O) groups is 2. The van der Waals surface area contributed by atoms with E-state index in [-0.39, 0.29) is 30.3 Å². The number of hydrogen-bond acceptors (Lipinski definition) is 4. The monoisotopic (exact) mass is 481 g/mol. The second-order valence-electron chi connectivity index (χ2n) is 9.89. The lowest BCUT2D eigenvalue weighted by Gasteiger charge is -2.58. The third-order valence-corrected chi connectivity index (χ3v) is 10.0. The number of aliphatic carboxylic acids is 1. The molecule has 10 heteroatoms. The summed E-state index contributed by atoms with van der Waals surface area (Å²) in [5.74, 6) is -0.279. The molecule has 32 heavy (non-hydrogen) atoms. The van der Waals surface area contributed by atoms with Crippen LogP contribution in [0.4, 0.5) is 5.69 Å². The number of nitrogens with zero attached hydrogens (tertiary/aromatic N) is 2. The van der Waals surface area contributed by atoms with Crippen molar-refractivity contribution >= 4 is 39.4 Å². The highest BCUT2D eigenvalue weighted by atomic mass is 35.5. The molecule has 1 heterocycles. The van der Waals surface area contributed by atoms with Crippen molar-refractivity contribution in [3.63, 3.8) is 0 Å². The fraction of sp³-hybridized carbons (Fsp3) is 0.636. The van der Waals surface area contributed by atoms with Gasteiger partial charge >= 0.3 is 16.2 Å². The number of hydrogen-bond donors (Lipinski definition) is 2. The quantitative estimate of drug-likeness (QED) is 0.672. The molecule has 6 rings (SSSR count). The summed E-state index contributed by atoms with van der Waals surface area (Å²) in [4.78, 5) is 24.8. The molecular formula is C22H28ClN3O5S. The van der Waals surface area contributed by atoms with E-state index in [0.717, 1.165) is 19.3 Å². The molecule has 8 nitrogen and oxygen atoms in total. The number of carboxylic acid groups (broad SMARTS) is 1. The summed E-state index contributed by atoms with van der Waals surface area (Å²) in [6, 6.07) is 6.56. The fourth-order valence-corrected chi connectivity index (χ4v) is 8.50. The molecule has 174 valence electrons. The number of amides is 1. The summed E-state index contributed by atoms with van der Waals surface area (Å²) in [6.45, 7) is 0.422. The van der Waals surface area contributed by atoms with E-state index in [1.165, 1.54) is 8.61 Å². The zero-order valence-electron chi connectivity index (χ0n) is 17.7. The Labute approximate surface area is 193 Å². The zero-order valence-corrected chi connectivity index (χ0v) is 19.3. The van der Waals surface area contributed by atoms with Crippen LogP contribution < -0.4 is 9.62 Å². The van der Waals surface area contributed by atoms with Crippen LogP contribution in [-0.4, -0.2) is 55.4 Å². The molecule has 0 aromatic heterocycles. The lowest BCUT2D eigenvalue weighted by Crippen LogP contribution is -2.62. The molecule has 1 aliphatic heterocycles. The lowest BCUT2D eigenvalue weighted by molar-refractivity contribution is -0.167. The minimum atomic E-state index is -3.82. The Kier molecular flexibility index (Phi) is 5.41. The molecule has 1 aromatic carbocycles. The molecule has 1 saturated heterocycles. The van der Waals surface area contributed by atoms with Crippen LogP contribution in [0.2, 0.25) is 5.02 Å². The van der Waals surface area contributed by atoms with Crippen molar-refractivity contribution < 1.29 is 23.1 Å². The Balaban J connectivity index is 1.26. The molecule has 4 bridgehead atoms. The van der Waals surface area contributed by atoms with E-state index in [1.807, 2.05) is 0 Å². The van der Waals surface area contributed by atoms with Crippen molar-refractivity contribution in [2.45, 2.75) is 44.6 Å². The molecule has 4 saturated carbocycles. The molecular weight excluding hydrogens is 454 g/mol. The van der Waals surface area contributed by atoms with E-state index in [2.05, 4.69) is 5.32 Å². The summed E-state index contributed by atoms with van der Waals surface area (Å²) in [5, 5.41) is 13.4. The lowest BCUT2D eigenvalue weighted by atomic mass is 9.48. The first kappa shape index (κ1) is 22.0. The molecule has 2 unspecified atom stereocenters. The van der Waals surface area contributed by atoms with Gasteiger partial charge in [-0.25, -0.2) is 0 Å². The second-order valence-corrected chi connectivity index (χ2v) is 12.2. The van der Waals surface area contributed by atoms with Gasteiger partial charge in [0.15, 0.2) is 0 Å². The minimum absolute atomic E-state index is 0.0635. The van der Waals surface area contributed by atoms with Crippen LogP contribution in [0.3, 0.4) is 0 Å². The highest BCUT2D eigenvalue weighted by molar-refractivity contribution is 7.90. The number of nitrogens with one attached hydrogen (secondary N) is 1. The van der Waals surface area contributed by atoms with Gasteiger partial charge in [0, 0.05) is 24.2 Å². The molecule has 4 aliphatic carbocycles. The number of benzene rings is 1. The topological polar surface area (TPSA) is 107 Å². The second kappa shape index (κ2) is 7.88. The molecule has 2 N–H and O–H groups in total. The summed E-state index contributed by atoms with van der Waals surface area (Å²) in [7, 11) is -3.82. The average molecular weight is 482 g/mol. The third-order valence-electron chi connectivity index (χ3n) is 7.86. The Hall–Kier alpha value is -1.84. The largest absolute Gasteiger partial charge is 0.481 e. The highest BCUT2D eigenvalue weighted by Gasteiger charge is 2.59. The Morgan fingerprint density at radius 1 is 1.09 bits per heavy atom. The van der Waals surface area contributed by atoms with Gasteiger partial charge in [0.25, 0.3) is 0 Å². The van der Waals surface area contributed by atoms with E-state index >= 15 is 0 Å². The number of rotatable bonds is 5. The number of carbonyl (C=O) groups excluding carboxylic acids is 1. The molecule has 5 fully saturated rings. The molecule has 1 amide bonds. The number of halogens is 1. The van der Waals surface area contributed by atoms with Crippen LogP contribution in [0.25, 0.3) is 0 Å². The standard InChI is InChI=1S/C22H28ClN3O5S/c23-17-2-4-18(5-3-17)26-7-1-6-25(32(26,30)31)13-19(27)24-20-15-8-14-9-16(20)12-22(10-14,11-15)21(28)29/h2-5,14-16,20H,1,6-13H2,(H,24,27)(H,28,29). The maximum Gasteiger partial charge on any atom is 0.309 e. The minimum Gasteiger partial charge on any atom is -0.481 e. The predicted molar refractivity (Wildman–Crippen MR) is 119 cm³/mol. The van der Waals surface area contributed by atoms with Gasteiger partial charge in [0.1, 0.15) is 0 Å². The van der Waals surface area contributed by atoms with E-state index in [1.54, 1.807) is 24.3 Å². The summed E-state index contributed by atoms with van der Waals surface area (Å²) in [6.07, 6.45) is 4.47. The van der Waals surface area contributed by atoms with Crippen LogP contribution in [-0.2, 0) is 19.8 Å². The molecule has 1 aromatic rings. The predicted octanol–water partition coefficient (Wildman–Crippen LogP) is 2.49. The fourth-order valence-electron chi connectivity index (χ4n) is 6.70. The van der Waals surface area contributed by atoms with Gasteiger partial charge in [0.2, 0.25) is 5.91 Å². The van der Waals surface area contributed by atoms with E-state index in [9.17, 15) is 23.1 Å². The van der Waals surface area contributed by atoms with Gasteiger partial charge in [-0.2, -0.15) is 12.7 Å². The zero-order chi connectivity index (χ0) is 22.7. The first-order valence-electron chi connectivity index (χ1n) is 11.2. The molecule has 2 atom stereocenters. The normalized spacial score (nSPS) is 35.6. The molecule has 0 radical (unpaired) electrons. The van der Waals surface area contributed by atoms with Gasteiger partial charge in [0.05, 0.1) is 17.6 Å².